The van der Waals surface area contributed by atoms with Crippen LogP contribution < -0.4 is 9.80 Å². The Balaban J connectivity index is 2.35. The van der Waals surface area contributed by atoms with Crippen LogP contribution in [0.25, 0.3) is 0 Å². The third kappa shape index (κ3) is 2.45. The molecule has 5 heteroatoms. The van der Waals surface area contributed by atoms with Crippen molar-refractivity contribution >= 4 is 33.2 Å². The fourth-order valence-corrected chi connectivity index (χ4v) is 2.33. The quantitative estimate of drug-likeness (QED) is 0.922. The number of aliphatic hydroxyl groups is 1. The van der Waals surface area contributed by atoms with Crippen molar-refractivity contribution in [3.05, 3.63) is 22.7 Å². The maximum atomic E-state index is 11.8. The Bertz CT molecular complexity index is 437. The number of benzene rings is 1. The summed E-state index contributed by atoms with van der Waals surface area (Å²) in [5.74, 6) is 0.0774. The molecule has 17 heavy (non-hydrogen) atoms. The molecule has 0 saturated carbocycles. The van der Waals surface area contributed by atoms with Crippen LogP contribution in [0.5, 0.6) is 0 Å². The summed E-state index contributed by atoms with van der Waals surface area (Å²) < 4.78 is 0.958. The summed E-state index contributed by atoms with van der Waals surface area (Å²) in [6.07, 6.45) is 0.673. The normalized spacial score (nSPS) is 15.1. The van der Waals surface area contributed by atoms with E-state index in [2.05, 4.69) is 15.9 Å². The Morgan fingerprint density at radius 2 is 2.18 bits per heavy atom. The molecule has 1 aliphatic heterocycles. The second kappa shape index (κ2) is 5.06. The zero-order valence-corrected chi connectivity index (χ0v) is 11.3. The summed E-state index contributed by atoms with van der Waals surface area (Å²) in [6.45, 7) is 1.22. The highest BCUT2D eigenvalue weighted by Gasteiger charge is 2.26. The van der Waals surface area contributed by atoms with Crippen LogP contribution in [0.15, 0.2) is 22.7 Å². The minimum absolute atomic E-state index is 0.0774. The molecule has 1 aromatic rings. The first kappa shape index (κ1) is 12.4. The fraction of sp³-hybridized carbons (Fsp3) is 0.417. The molecule has 0 unspecified atom stereocenters. The van der Waals surface area contributed by atoms with Crippen LogP contribution in [0.1, 0.15) is 6.42 Å². The van der Waals surface area contributed by atoms with Crippen molar-refractivity contribution in [2.45, 2.75) is 6.42 Å². The van der Waals surface area contributed by atoms with Gasteiger partial charge in [-0.25, -0.2) is 0 Å². The van der Waals surface area contributed by atoms with Gasteiger partial charge >= 0.3 is 0 Å². The van der Waals surface area contributed by atoms with Gasteiger partial charge in [0, 0.05) is 24.7 Å². The molecule has 2 rings (SSSR count). The molecule has 0 aliphatic carbocycles. The van der Waals surface area contributed by atoms with Gasteiger partial charge in [-0.05, 0) is 24.6 Å². The lowest BCUT2D eigenvalue weighted by atomic mass is 10.1. The number of hydrogen-bond acceptors (Lipinski definition) is 3. The van der Waals surface area contributed by atoms with Gasteiger partial charge in [-0.2, -0.15) is 0 Å². The van der Waals surface area contributed by atoms with E-state index in [0.29, 0.717) is 19.5 Å². The second-order valence-electron chi connectivity index (χ2n) is 4.08. The largest absolute Gasteiger partial charge is 0.396 e. The van der Waals surface area contributed by atoms with Crippen LogP contribution >= 0.6 is 15.9 Å². The Morgan fingerprint density at radius 3 is 2.88 bits per heavy atom. The lowest BCUT2D eigenvalue weighted by Crippen LogP contribution is -2.44. The highest BCUT2D eigenvalue weighted by molar-refractivity contribution is 9.10. The minimum Gasteiger partial charge on any atom is -0.396 e. The van der Waals surface area contributed by atoms with Crippen LogP contribution in [0.4, 0.5) is 11.4 Å². The number of likely N-dealkylation sites (N-methyl/N-ethyl adjacent to an activating group) is 1. The Hall–Kier alpha value is -1.07. The van der Waals surface area contributed by atoms with E-state index in [0.717, 1.165) is 15.8 Å². The van der Waals surface area contributed by atoms with Crippen molar-refractivity contribution in [3.8, 4) is 0 Å². The highest BCUT2D eigenvalue weighted by Crippen LogP contribution is 2.34. The summed E-state index contributed by atoms with van der Waals surface area (Å²) in [5, 5.41) is 8.88. The predicted octanol–water partition coefficient (Wildman–Crippen LogP) is 1.61. The molecule has 4 nitrogen and oxygen atoms in total. The molecule has 0 saturated heterocycles. The average molecular weight is 299 g/mol. The number of fused-ring (bicyclic) bond motifs is 1. The van der Waals surface area contributed by atoms with Crippen LogP contribution in [0.2, 0.25) is 0 Å². The minimum atomic E-state index is 0.0774. The summed E-state index contributed by atoms with van der Waals surface area (Å²) in [7, 11) is 1.79. The third-order valence-electron chi connectivity index (χ3n) is 2.93. The van der Waals surface area contributed by atoms with Crippen molar-refractivity contribution in [1.29, 1.82) is 0 Å². The summed E-state index contributed by atoms with van der Waals surface area (Å²) in [5.41, 5.74) is 1.96. The van der Waals surface area contributed by atoms with Crippen LogP contribution in [-0.4, -0.2) is 37.8 Å². The molecule has 1 N–H and O–H groups in total. The molecule has 0 radical (unpaired) electrons. The van der Waals surface area contributed by atoms with Gasteiger partial charge < -0.3 is 14.9 Å². The Kier molecular flexibility index (Phi) is 3.69. The molecule has 92 valence electrons. The van der Waals surface area contributed by atoms with Gasteiger partial charge in [0.05, 0.1) is 17.9 Å². The van der Waals surface area contributed by atoms with E-state index >= 15 is 0 Å². The van der Waals surface area contributed by atoms with E-state index in [1.54, 1.807) is 11.9 Å². The van der Waals surface area contributed by atoms with Crippen LogP contribution in [-0.2, 0) is 4.79 Å². The lowest BCUT2D eigenvalue weighted by molar-refractivity contribution is -0.117. The number of anilines is 2. The Morgan fingerprint density at radius 1 is 1.41 bits per heavy atom. The van der Waals surface area contributed by atoms with E-state index in [4.69, 9.17) is 5.11 Å². The molecule has 0 spiro atoms. The first-order valence-corrected chi connectivity index (χ1v) is 6.34. The monoisotopic (exact) mass is 298 g/mol. The molecular formula is C12H15BrN2O2. The fourth-order valence-electron chi connectivity index (χ4n) is 1.98. The summed E-state index contributed by atoms with van der Waals surface area (Å²) >= 11 is 3.41. The van der Waals surface area contributed by atoms with Crippen LogP contribution in [0, 0.1) is 0 Å². The number of amides is 1. The van der Waals surface area contributed by atoms with Crippen molar-refractivity contribution in [2.75, 3.05) is 36.5 Å². The number of rotatable bonds is 3. The van der Waals surface area contributed by atoms with Gasteiger partial charge in [0.15, 0.2) is 0 Å². The van der Waals surface area contributed by atoms with Gasteiger partial charge in [0.2, 0.25) is 5.91 Å². The third-order valence-corrected chi connectivity index (χ3v) is 3.42. The number of nitrogens with zero attached hydrogens (tertiary/aromatic N) is 2. The number of halogens is 1. The molecule has 0 atom stereocenters. The van der Waals surface area contributed by atoms with E-state index < -0.39 is 0 Å². The van der Waals surface area contributed by atoms with Gasteiger partial charge in [-0.3, -0.25) is 4.79 Å². The number of carbonyl (C=O) groups is 1. The van der Waals surface area contributed by atoms with E-state index in [1.165, 1.54) is 0 Å². The maximum Gasteiger partial charge on any atom is 0.246 e. The zero-order chi connectivity index (χ0) is 12.4. The van der Waals surface area contributed by atoms with E-state index in [-0.39, 0.29) is 12.5 Å². The van der Waals surface area contributed by atoms with Gasteiger partial charge in [-0.15, -0.1) is 0 Å². The van der Waals surface area contributed by atoms with E-state index in [9.17, 15) is 4.79 Å². The van der Waals surface area contributed by atoms with Crippen molar-refractivity contribution in [3.63, 3.8) is 0 Å². The lowest BCUT2D eigenvalue weighted by Gasteiger charge is -2.35. The molecule has 0 aromatic heterocycles. The van der Waals surface area contributed by atoms with Gasteiger partial charge in [0.25, 0.3) is 0 Å². The van der Waals surface area contributed by atoms with Crippen molar-refractivity contribution < 1.29 is 9.90 Å². The van der Waals surface area contributed by atoms with Crippen LogP contribution in [0.3, 0.4) is 0 Å². The SMILES string of the molecule is CN1C(=O)CN(CCCO)c2ccc(Br)cc21. The smallest absolute Gasteiger partial charge is 0.246 e. The van der Waals surface area contributed by atoms with Gasteiger partial charge in [0.1, 0.15) is 0 Å². The first-order valence-electron chi connectivity index (χ1n) is 5.55. The van der Waals surface area contributed by atoms with Crippen molar-refractivity contribution in [2.24, 2.45) is 0 Å². The maximum absolute atomic E-state index is 11.8. The predicted molar refractivity (Wildman–Crippen MR) is 71.5 cm³/mol. The molecule has 0 fully saturated rings. The van der Waals surface area contributed by atoms with E-state index in [1.807, 2.05) is 23.1 Å². The number of aliphatic hydroxyl groups excluding tert-OH is 1. The molecule has 1 amide bonds. The molecule has 1 heterocycles. The topological polar surface area (TPSA) is 43.8 Å². The standard InChI is InChI=1S/C12H15BrN2O2/c1-14-11-7-9(13)3-4-10(11)15(5-2-6-16)8-12(14)17/h3-4,7,16H,2,5-6,8H2,1H3. The summed E-state index contributed by atoms with van der Waals surface area (Å²) in [4.78, 5) is 15.5. The summed E-state index contributed by atoms with van der Waals surface area (Å²) in [6, 6.07) is 5.91. The number of hydrogen-bond donors (Lipinski definition) is 1. The zero-order valence-electron chi connectivity index (χ0n) is 9.69. The molecule has 0 bridgehead atoms. The van der Waals surface area contributed by atoms with Gasteiger partial charge in [-0.1, -0.05) is 15.9 Å². The molecule has 1 aromatic carbocycles. The average Bonchev–Trinajstić information content (AvgIpc) is 2.32. The highest BCUT2D eigenvalue weighted by atomic mass is 79.9. The first-order chi connectivity index (χ1) is 8.13. The second-order valence-corrected chi connectivity index (χ2v) is 5.00. The molecule has 1 aliphatic rings. The number of carbonyl (C=O) groups excluding carboxylic acids is 1. The molecular weight excluding hydrogens is 284 g/mol. The Labute approximate surface area is 109 Å². The van der Waals surface area contributed by atoms with Crippen molar-refractivity contribution in [1.82, 2.24) is 0 Å².